The van der Waals surface area contributed by atoms with Crippen LogP contribution in [0.15, 0.2) is 46.5 Å². The number of nitrogens with zero attached hydrogens (tertiary/aromatic N) is 3. The van der Waals surface area contributed by atoms with Crippen LogP contribution in [0.5, 0.6) is 0 Å². The van der Waals surface area contributed by atoms with Crippen molar-refractivity contribution < 1.29 is 23.1 Å². The van der Waals surface area contributed by atoms with Gasteiger partial charge in [-0.1, -0.05) is 23.9 Å². The first-order chi connectivity index (χ1) is 12.8. The van der Waals surface area contributed by atoms with Gasteiger partial charge in [-0.05, 0) is 18.2 Å². The van der Waals surface area contributed by atoms with E-state index in [-0.39, 0.29) is 0 Å². The third-order valence-corrected chi connectivity index (χ3v) is 4.15. The van der Waals surface area contributed by atoms with Gasteiger partial charge in [-0.2, -0.15) is 18.4 Å². The van der Waals surface area contributed by atoms with Crippen molar-refractivity contribution in [1.82, 2.24) is 9.97 Å². The minimum Gasteiger partial charge on any atom is -0.475 e. The summed E-state index contributed by atoms with van der Waals surface area (Å²) in [5.74, 6) is -2.26. The van der Waals surface area contributed by atoms with Gasteiger partial charge in [0, 0.05) is 18.1 Å². The van der Waals surface area contributed by atoms with Crippen LogP contribution in [0.25, 0.3) is 5.57 Å². The van der Waals surface area contributed by atoms with Crippen LogP contribution < -0.4 is 10.6 Å². The maximum atomic E-state index is 10.6. The summed E-state index contributed by atoms with van der Waals surface area (Å²) in [6.07, 6.45) is -3.45. The van der Waals surface area contributed by atoms with Crippen LogP contribution in [0, 0.1) is 11.3 Å². The highest BCUT2D eigenvalue weighted by Crippen LogP contribution is 2.43. The number of nitriles is 1. The first-order valence-corrected chi connectivity index (χ1v) is 8.07. The summed E-state index contributed by atoms with van der Waals surface area (Å²) in [6.45, 7) is 0. The fraction of sp³-hybridized carbons (Fsp3) is 0.125. The summed E-state index contributed by atoms with van der Waals surface area (Å²) in [5, 5.41) is 23.5. The molecular formula is C16H12F3N5O2S. The Balaban J connectivity index is 0.000000321. The van der Waals surface area contributed by atoms with Crippen molar-refractivity contribution >= 4 is 34.9 Å². The van der Waals surface area contributed by atoms with E-state index in [1.807, 2.05) is 24.3 Å². The molecule has 3 N–H and O–H groups in total. The monoisotopic (exact) mass is 395 g/mol. The number of aromatic nitrogens is 2. The second-order valence-electron chi connectivity index (χ2n) is 4.86. The number of carbonyl (C=O) groups is 1. The van der Waals surface area contributed by atoms with Crippen molar-refractivity contribution in [3.05, 3.63) is 47.3 Å². The maximum Gasteiger partial charge on any atom is 0.490 e. The average molecular weight is 395 g/mol. The van der Waals surface area contributed by atoms with Crippen LogP contribution in [0.1, 0.15) is 5.69 Å². The SMILES string of the molecule is CNc1nccc(/C(C#N)=C2\Nc3ccccc3S2)n1.O=C(O)C(F)(F)F. The lowest BCUT2D eigenvalue weighted by Crippen LogP contribution is -2.21. The van der Waals surface area contributed by atoms with E-state index in [4.69, 9.17) is 9.90 Å². The molecule has 0 saturated heterocycles. The summed E-state index contributed by atoms with van der Waals surface area (Å²) in [5.41, 5.74) is 2.14. The number of aliphatic carboxylic acids is 1. The molecule has 0 aliphatic carbocycles. The minimum atomic E-state index is -5.08. The van der Waals surface area contributed by atoms with Gasteiger partial charge in [0.05, 0.1) is 16.4 Å². The molecule has 0 unspecified atom stereocenters. The van der Waals surface area contributed by atoms with Gasteiger partial charge in [0.2, 0.25) is 5.95 Å². The van der Waals surface area contributed by atoms with Crippen LogP contribution in [0.3, 0.4) is 0 Å². The van der Waals surface area contributed by atoms with Crippen molar-refractivity contribution in [1.29, 1.82) is 5.26 Å². The molecule has 2 aromatic rings. The van der Waals surface area contributed by atoms with Crippen molar-refractivity contribution in [3.63, 3.8) is 0 Å². The molecule has 0 radical (unpaired) electrons. The molecule has 3 rings (SSSR count). The smallest absolute Gasteiger partial charge is 0.475 e. The fourth-order valence-corrected chi connectivity index (χ4v) is 2.88. The highest BCUT2D eigenvalue weighted by atomic mass is 32.2. The van der Waals surface area contributed by atoms with E-state index in [0.717, 1.165) is 15.6 Å². The molecule has 0 bridgehead atoms. The molecule has 1 aromatic carbocycles. The van der Waals surface area contributed by atoms with Crippen molar-refractivity contribution in [2.75, 3.05) is 17.7 Å². The van der Waals surface area contributed by atoms with Crippen LogP contribution in [0.4, 0.5) is 24.8 Å². The highest BCUT2D eigenvalue weighted by Gasteiger charge is 2.38. The Morgan fingerprint density at radius 1 is 1.33 bits per heavy atom. The van der Waals surface area contributed by atoms with Crippen LogP contribution in [0.2, 0.25) is 0 Å². The summed E-state index contributed by atoms with van der Waals surface area (Å²) < 4.78 is 31.7. The molecule has 0 atom stereocenters. The number of carboxylic acids is 1. The number of allylic oxidation sites excluding steroid dienone is 1. The van der Waals surface area contributed by atoms with E-state index in [1.54, 1.807) is 31.1 Å². The summed E-state index contributed by atoms with van der Waals surface area (Å²) in [7, 11) is 1.75. The Kier molecular flexibility index (Phi) is 6.25. The van der Waals surface area contributed by atoms with Crippen molar-refractivity contribution in [2.45, 2.75) is 11.1 Å². The summed E-state index contributed by atoms with van der Waals surface area (Å²) in [6, 6.07) is 11.9. The van der Waals surface area contributed by atoms with Crippen molar-refractivity contribution in [2.24, 2.45) is 0 Å². The number of thioether (sulfide) groups is 1. The Labute approximate surface area is 155 Å². The molecule has 11 heteroatoms. The maximum absolute atomic E-state index is 10.6. The second kappa shape index (κ2) is 8.41. The molecule has 140 valence electrons. The predicted molar refractivity (Wildman–Crippen MR) is 93.7 cm³/mol. The first kappa shape index (κ1) is 20.1. The number of hydrogen-bond donors (Lipinski definition) is 3. The number of hydrogen-bond acceptors (Lipinski definition) is 7. The summed E-state index contributed by atoms with van der Waals surface area (Å²) in [4.78, 5) is 18.4. The molecule has 1 aliphatic rings. The molecule has 27 heavy (non-hydrogen) atoms. The van der Waals surface area contributed by atoms with Gasteiger partial charge in [-0.25, -0.2) is 14.8 Å². The number of para-hydroxylation sites is 1. The molecule has 0 fully saturated rings. The molecule has 0 saturated carbocycles. The van der Waals surface area contributed by atoms with Crippen LogP contribution in [-0.2, 0) is 4.79 Å². The average Bonchev–Trinajstić information content (AvgIpc) is 3.06. The molecule has 1 aliphatic heterocycles. The van der Waals surface area contributed by atoms with Gasteiger partial charge in [0.25, 0.3) is 0 Å². The third kappa shape index (κ3) is 5.11. The van der Waals surface area contributed by atoms with Gasteiger partial charge in [-0.3, -0.25) is 0 Å². The predicted octanol–water partition coefficient (Wildman–Crippen LogP) is 3.56. The number of nitrogens with one attached hydrogen (secondary N) is 2. The third-order valence-electron chi connectivity index (χ3n) is 3.06. The van der Waals surface area contributed by atoms with Gasteiger partial charge < -0.3 is 15.7 Å². The number of fused-ring (bicyclic) bond motifs is 1. The zero-order chi connectivity index (χ0) is 20.0. The van der Waals surface area contributed by atoms with E-state index in [9.17, 15) is 18.4 Å². The molecule has 1 aromatic heterocycles. The standard InChI is InChI=1S/C14H11N5S.C2HF3O2/c1-16-14-17-7-6-10(19-14)9(8-15)13-18-11-4-2-3-5-12(11)20-13;3-2(4,5)1(6)7/h2-7,18H,1H3,(H,16,17,19);(H,6,7)/b13-9+;. The second-order valence-corrected chi connectivity index (χ2v) is 5.91. The zero-order valence-electron chi connectivity index (χ0n) is 13.7. The van der Waals surface area contributed by atoms with E-state index in [2.05, 4.69) is 26.7 Å². The summed E-state index contributed by atoms with van der Waals surface area (Å²) >= 11 is 1.54. The zero-order valence-corrected chi connectivity index (χ0v) is 14.5. The topological polar surface area (TPSA) is 111 Å². The van der Waals surface area contributed by atoms with E-state index in [1.165, 1.54) is 0 Å². The Hall–Kier alpha value is -3.26. The van der Waals surface area contributed by atoms with Gasteiger partial charge in [0.15, 0.2) is 0 Å². The number of benzene rings is 1. The quantitative estimate of drug-likeness (QED) is 0.662. The van der Waals surface area contributed by atoms with Crippen LogP contribution in [-0.4, -0.2) is 34.3 Å². The fourth-order valence-electron chi connectivity index (χ4n) is 1.87. The number of rotatable bonds is 2. The van der Waals surface area contributed by atoms with Gasteiger partial charge >= 0.3 is 12.1 Å². The minimum absolute atomic E-state index is 0.497. The lowest BCUT2D eigenvalue weighted by molar-refractivity contribution is -0.192. The Morgan fingerprint density at radius 2 is 2.00 bits per heavy atom. The molecule has 0 spiro atoms. The Morgan fingerprint density at radius 3 is 2.56 bits per heavy atom. The molecule has 0 amide bonds. The normalized spacial score (nSPS) is 14.0. The number of alkyl halides is 3. The largest absolute Gasteiger partial charge is 0.490 e. The number of halogens is 3. The van der Waals surface area contributed by atoms with E-state index < -0.39 is 12.1 Å². The van der Waals surface area contributed by atoms with E-state index in [0.29, 0.717) is 17.2 Å². The van der Waals surface area contributed by atoms with Gasteiger partial charge in [-0.15, -0.1) is 0 Å². The lowest BCUT2D eigenvalue weighted by Gasteiger charge is -2.05. The van der Waals surface area contributed by atoms with Gasteiger partial charge in [0.1, 0.15) is 11.6 Å². The Bertz CT molecular complexity index is 898. The molecule has 7 nitrogen and oxygen atoms in total. The molecule has 2 heterocycles. The van der Waals surface area contributed by atoms with E-state index >= 15 is 0 Å². The lowest BCUT2D eigenvalue weighted by atomic mass is 10.2. The first-order valence-electron chi connectivity index (χ1n) is 7.25. The highest BCUT2D eigenvalue weighted by molar-refractivity contribution is 8.04. The van der Waals surface area contributed by atoms with Crippen LogP contribution >= 0.6 is 11.8 Å². The van der Waals surface area contributed by atoms with Crippen molar-refractivity contribution in [3.8, 4) is 6.07 Å². The number of anilines is 2. The number of carboxylic acid groups (broad SMARTS) is 1. The molecular weight excluding hydrogens is 383 g/mol.